The lowest BCUT2D eigenvalue weighted by Crippen LogP contribution is -2.37. The van der Waals surface area contributed by atoms with Gasteiger partial charge in [0.05, 0.1) is 18.5 Å². The van der Waals surface area contributed by atoms with Crippen LogP contribution in [-0.2, 0) is 32.5 Å². The van der Waals surface area contributed by atoms with Gasteiger partial charge in [-0.15, -0.1) is 0 Å². The van der Waals surface area contributed by atoms with Crippen molar-refractivity contribution < 1.29 is 59.3 Å². The van der Waals surface area contributed by atoms with Crippen LogP contribution < -0.4 is 4.74 Å². The van der Waals surface area contributed by atoms with Crippen LogP contribution in [0.2, 0.25) is 0 Å². The largest absolute Gasteiger partial charge is 0.490 e. The second kappa shape index (κ2) is 14.0. The lowest BCUT2D eigenvalue weighted by Gasteiger charge is -2.24. The van der Waals surface area contributed by atoms with E-state index < -0.39 is 34.1 Å². The first kappa shape index (κ1) is 32.7. The van der Waals surface area contributed by atoms with E-state index >= 15 is 0 Å². The first-order chi connectivity index (χ1) is 17.4. The van der Waals surface area contributed by atoms with Gasteiger partial charge in [0.15, 0.2) is 9.84 Å². The maximum Gasteiger partial charge on any atom is 0.490 e. The summed E-state index contributed by atoms with van der Waals surface area (Å²) in [6, 6.07) is 7.83. The number of carboxylic acids is 2. The van der Waals surface area contributed by atoms with Crippen LogP contribution in [0, 0.1) is 0 Å². The second-order valence-corrected chi connectivity index (χ2v) is 10.1. The predicted molar refractivity (Wildman–Crippen MR) is 120 cm³/mol. The Hall–Kier alpha value is -3.34. The quantitative estimate of drug-likeness (QED) is 0.496. The number of aliphatic carboxylic acids is 2. The van der Waals surface area contributed by atoms with Gasteiger partial charge in [-0.25, -0.2) is 18.0 Å². The van der Waals surface area contributed by atoms with Crippen LogP contribution in [0.25, 0.3) is 0 Å². The normalized spacial score (nSPS) is 16.0. The summed E-state index contributed by atoms with van der Waals surface area (Å²) in [6.45, 7) is 4.38. The average Bonchev–Trinajstić information content (AvgIpc) is 3.17. The molecule has 38 heavy (non-hydrogen) atoms. The molecule has 0 radical (unpaired) electrons. The van der Waals surface area contributed by atoms with Crippen molar-refractivity contribution in [1.29, 1.82) is 0 Å². The minimum Gasteiger partial charge on any atom is -0.486 e. The van der Waals surface area contributed by atoms with Gasteiger partial charge in [-0.1, -0.05) is 6.92 Å². The fourth-order valence-electron chi connectivity index (χ4n) is 2.90. The molecule has 214 valence electrons. The minimum absolute atomic E-state index is 0.0489. The molecule has 2 aromatic rings. The highest BCUT2D eigenvalue weighted by Gasteiger charge is 2.38. The lowest BCUT2D eigenvalue weighted by molar-refractivity contribution is -0.193. The Bertz CT molecular complexity index is 1110. The third kappa shape index (κ3) is 12.3. The minimum atomic E-state index is -5.08. The molecule has 0 aromatic carbocycles. The number of halogens is 6. The molecule has 0 bridgehead atoms. The molecule has 17 heteroatoms. The lowest BCUT2D eigenvalue weighted by atomic mass is 10.3. The summed E-state index contributed by atoms with van der Waals surface area (Å²) in [7, 11) is -2.97. The number of fused-ring (bicyclic) bond motifs is 1. The number of ether oxygens (including phenoxy) is 1. The van der Waals surface area contributed by atoms with Crippen molar-refractivity contribution in [2.24, 2.45) is 0 Å². The fraction of sp³-hybridized carbons (Fsp3) is 0.476. The Morgan fingerprint density at radius 1 is 1.05 bits per heavy atom. The third-order valence-electron chi connectivity index (χ3n) is 4.75. The average molecular weight is 578 g/mol. The first-order valence-electron chi connectivity index (χ1n) is 10.7. The number of sulfone groups is 1. The van der Waals surface area contributed by atoms with Gasteiger partial charge in [-0.3, -0.25) is 9.88 Å². The maximum atomic E-state index is 11.8. The Morgan fingerprint density at radius 2 is 1.63 bits per heavy atom. The SMILES string of the molecule is CCS(=O)(=O)CCN1Cc2cccn2CC(Oc2cccnc2)C1.O=C(O)C(F)(F)F.O=C(O)C(F)(F)F. The standard InChI is InChI=1S/C17H23N3O3S.2C2HF3O2/c1-2-24(21,22)10-9-19-12-15-5-4-8-20(15)14-17(13-19)23-16-6-3-7-18-11-16;2*3-2(4,5)1(6)7/h3-8,11,17H,2,9-10,12-14H2,1H3;2*(H,6,7). The molecule has 1 aliphatic rings. The number of hydrogen-bond acceptors (Lipinski definition) is 7. The number of aromatic nitrogens is 2. The molecular formula is C21H25F6N3O7S. The monoisotopic (exact) mass is 577 g/mol. The van der Waals surface area contributed by atoms with Crippen LogP contribution in [-0.4, -0.2) is 88.1 Å². The molecular weight excluding hydrogens is 552 g/mol. The maximum absolute atomic E-state index is 11.8. The second-order valence-electron chi connectivity index (χ2n) is 7.66. The van der Waals surface area contributed by atoms with Gasteiger partial charge in [0.25, 0.3) is 0 Å². The number of carbonyl (C=O) groups is 2. The third-order valence-corrected chi connectivity index (χ3v) is 6.44. The summed E-state index contributed by atoms with van der Waals surface area (Å²) in [4.78, 5) is 24.0. The highest BCUT2D eigenvalue weighted by atomic mass is 32.2. The number of rotatable bonds is 6. The van der Waals surface area contributed by atoms with E-state index in [9.17, 15) is 34.8 Å². The molecule has 1 atom stereocenters. The molecule has 0 spiro atoms. The van der Waals surface area contributed by atoms with Crippen molar-refractivity contribution in [1.82, 2.24) is 14.5 Å². The zero-order valence-electron chi connectivity index (χ0n) is 19.8. The van der Waals surface area contributed by atoms with E-state index in [1.807, 2.05) is 24.4 Å². The van der Waals surface area contributed by atoms with E-state index in [0.29, 0.717) is 13.1 Å². The fourth-order valence-corrected chi connectivity index (χ4v) is 3.72. The predicted octanol–water partition coefficient (Wildman–Crippen LogP) is 2.85. The molecule has 3 heterocycles. The number of carboxylic acid groups (broad SMARTS) is 2. The van der Waals surface area contributed by atoms with E-state index in [-0.39, 0.29) is 17.6 Å². The Morgan fingerprint density at radius 3 is 2.11 bits per heavy atom. The van der Waals surface area contributed by atoms with Crippen molar-refractivity contribution >= 4 is 21.8 Å². The summed E-state index contributed by atoms with van der Waals surface area (Å²) in [5, 5.41) is 14.2. The Balaban J connectivity index is 0.000000426. The van der Waals surface area contributed by atoms with E-state index in [0.717, 1.165) is 18.8 Å². The molecule has 10 nitrogen and oxygen atoms in total. The van der Waals surface area contributed by atoms with E-state index in [2.05, 4.69) is 20.5 Å². The van der Waals surface area contributed by atoms with E-state index in [1.165, 1.54) is 5.69 Å². The summed E-state index contributed by atoms with van der Waals surface area (Å²) >= 11 is 0. The van der Waals surface area contributed by atoms with Gasteiger partial charge >= 0.3 is 24.3 Å². The zero-order chi connectivity index (χ0) is 29.1. The molecule has 0 fully saturated rings. The van der Waals surface area contributed by atoms with Crippen molar-refractivity contribution in [2.45, 2.75) is 38.5 Å². The molecule has 1 unspecified atom stereocenters. The Kier molecular flexibility index (Phi) is 12.0. The van der Waals surface area contributed by atoms with Gasteiger partial charge in [0.2, 0.25) is 0 Å². The first-order valence-corrected chi connectivity index (χ1v) is 12.5. The number of nitrogens with zero attached hydrogens (tertiary/aromatic N) is 3. The van der Waals surface area contributed by atoms with Crippen LogP contribution in [0.3, 0.4) is 0 Å². The molecule has 2 N–H and O–H groups in total. The van der Waals surface area contributed by atoms with Crippen LogP contribution in [0.15, 0.2) is 42.9 Å². The summed E-state index contributed by atoms with van der Waals surface area (Å²) in [6.07, 6.45) is -4.76. The Labute approximate surface area is 213 Å². The van der Waals surface area contributed by atoms with Gasteiger partial charge in [-0.05, 0) is 24.3 Å². The molecule has 0 amide bonds. The van der Waals surface area contributed by atoms with Crippen LogP contribution in [0.5, 0.6) is 5.75 Å². The van der Waals surface area contributed by atoms with Gasteiger partial charge < -0.3 is 19.5 Å². The molecule has 0 saturated carbocycles. The topological polar surface area (TPSA) is 139 Å². The van der Waals surface area contributed by atoms with Crippen LogP contribution >= 0.6 is 0 Å². The summed E-state index contributed by atoms with van der Waals surface area (Å²) in [5.41, 5.74) is 1.18. The van der Waals surface area contributed by atoms with Crippen molar-refractivity contribution in [3.05, 3.63) is 48.5 Å². The van der Waals surface area contributed by atoms with Crippen LogP contribution in [0.4, 0.5) is 26.3 Å². The van der Waals surface area contributed by atoms with Crippen LogP contribution in [0.1, 0.15) is 12.6 Å². The molecule has 0 aliphatic carbocycles. The smallest absolute Gasteiger partial charge is 0.486 e. The molecule has 1 aliphatic heterocycles. The molecule has 2 aromatic heterocycles. The molecule has 3 rings (SSSR count). The van der Waals surface area contributed by atoms with Gasteiger partial charge in [0.1, 0.15) is 11.9 Å². The van der Waals surface area contributed by atoms with E-state index in [1.54, 1.807) is 19.3 Å². The van der Waals surface area contributed by atoms with Crippen molar-refractivity contribution in [3.63, 3.8) is 0 Å². The number of alkyl halides is 6. The molecule has 0 saturated heterocycles. The van der Waals surface area contributed by atoms with E-state index in [4.69, 9.17) is 24.5 Å². The highest BCUT2D eigenvalue weighted by Crippen LogP contribution is 2.18. The number of pyridine rings is 1. The summed E-state index contributed by atoms with van der Waals surface area (Å²) < 4.78 is 95.4. The van der Waals surface area contributed by atoms with Gasteiger partial charge in [-0.2, -0.15) is 26.3 Å². The van der Waals surface area contributed by atoms with Gasteiger partial charge in [0, 0.05) is 43.5 Å². The summed E-state index contributed by atoms with van der Waals surface area (Å²) in [5.74, 6) is -4.41. The highest BCUT2D eigenvalue weighted by molar-refractivity contribution is 7.91. The number of hydrogen-bond donors (Lipinski definition) is 2. The van der Waals surface area contributed by atoms with Crippen molar-refractivity contribution in [2.75, 3.05) is 24.6 Å². The zero-order valence-corrected chi connectivity index (χ0v) is 20.6. The van der Waals surface area contributed by atoms with Crippen molar-refractivity contribution in [3.8, 4) is 5.75 Å².